The van der Waals surface area contributed by atoms with Crippen molar-refractivity contribution < 1.29 is 22.8 Å². The lowest BCUT2D eigenvalue weighted by Gasteiger charge is -2.33. The number of likely N-dealkylation sites (tertiary alicyclic amines) is 1. The number of amides is 3. The van der Waals surface area contributed by atoms with Gasteiger partial charge in [0.15, 0.2) is 0 Å². The second kappa shape index (κ2) is 7.76. The Morgan fingerprint density at radius 3 is 2.64 bits per heavy atom. The Kier molecular flexibility index (Phi) is 5.92. The number of carbonyl (C=O) groups excluding carboxylic acids is 2. The fraction of sp³-hybridized carbons (Fsp3) is 0.529. The number of alkyl halides is 3. The fourth-order valence-electron chi connectivity index (χ4n) is 2.83. The lowest BCUT2D eigenvalue weighted by molar-refractivity contribution is -0.137. The molecule has 0 saturated carbocycles. The van der Waals surface area contributed by atoms with Gasteiger partial charge in [0.25, 0.3) is 0 Å². The number of urea groups is 1. The molecule has 0 unspecified atom stereocenters. The number of anilines is 1. The molecular weight excluding hydrogens is 335 g/mol. The summed E-state index contributed by atoms with van der Waals surface area (Å²) in [6, 6.07) is 2.86. The summed E-state index contributed by atoms with van der Waals surface area (Å²) in [6.07, 6.45) is -2.60. The molecule has 0 bridgehead atoms. The van der Waals surface area contributed by atoms with Crippen molar-refractivity contribution in [3.05, 3.63) is 29.3 Å². The summed E-state index contributed by atoms with van der Waals surface area (Å²) in [7, 11) is 0. The van der Waals surface area contributed by atoms with Gasteiger partial charge in [0.2, 0.25) is 5.91 Å². The van der Waals surface area contributed by atoms with E-state index in [0.29, 0.717) is 25.1 Å². The van der Waals surface area contributed by atoms with Crippen molar-refractivity contribution in [3.8, 4) is 0 Å². The van der Waals surface area contributed by atoms with Gasteiger partial charge in [-0.05, 0) is 43.5 Å². The van der Waals surface area contributed by atoms with Gasteiger partial charge in [-0.2, -0.15) is 13.2 Å². The SMILES string of the molecule is CCC(=O)N[C@@H]1CCCN(C(=O)Nc2cc(C)cc(C(F)(F)F)c2)C1. The molecule has 0 spiro atoms. The van der Waals surface area contributed by atoms with Crippen LogP contribution in [0.15, 0.2) is 18.2 Å². The van der Waals surface area contributed by atoms with E-state index in [4.69, 9.17) is 0 Å². The van der Waals surface area contributed by atoms with E-state index in [2.05, 4.69) is 10.6 Å². The molecule has 8 heteroatoms. The Bertz CT molecular complexity index is 647. The predicted octanol–water partition coefficient (Wildman–Crippen LogP) is 3.54. The van der Waals surface area contributed by atoms with Gasteiger partial charge in [-0.15, -0.1) is 0 Å². The van der Waals surface area contributed by atoms with Gasteiger partial charge >= 0.3 is 12.2 Å². The average molecular weight is 357 g/mol. The lowest BCUT2D eigenvalue weighted by Crippen LogP contribution is -2.50. The summed E-state index contributed by atoms with van der Waals surface area (Å²) in [5.74, 6) is -0.0826. The van der Waals surface area contributed by atoms with Crippen LogP contribution in [0.1, 0.15) is 37.3 Å². The Hall–Kier alpha value is -2.25. The minimum Gasteiger partial charge on any atom is -0.352 e. The summed E-state index contributed by atoms with van der Waals surface area (Å²) in [5.41, 5.74) is -0.275. The van der Waals surface area contributed by atoms with Crippen molar-refractivity contribution in [2.24, 2.45) is 0 Å². The van der Waals surface area contributed by atoms with Gasteiger partial charge in [0.1, 0.15) is 0 Å². The van der Waals surface area contributed by atoms with Crippen LogP contribution in [0.25, 0.3) is 0 Å². The molecule has 5 nitrogen and oxygen atoms in total. The Morgan fingerprint density at radius 1 is 1.28 bits per heavy atom. The Morgan fingerprint density at radius 2 is 2.00 bits per heavy atom. The molecule has 1 heterocycles. The molecule has 1 aromatic carbocycles. The number of piperidine rings is 1. The van der Waals surface area contributed by atoms with Crippen molar-refractivity contribution in [1.29, 1.82) is 0 Å². The zero-order chi connectivity index (χ0) is 18.6. The van der Waals surface area contributed by atoms with Crippen LogP contribution in [-0.4, -0.2) is 36.0 Å². The highest BCUT2D eigenvalue weighted by molar-refractivity contribution is 5.89. The highest BCUT2D eigenvalue weighted by Crippen LogP contribution is 2.32. The van der Waals surface area contributed by atoms with E-state index >= 15 is 0 Å². The largest absolute Gasteiger partial charge is 0.416 e. The lowest BCUT2D eigenvalue weighted by atomic mass is 10.1. The van der Waals surface area contributed by atoms with E-state index in [1.807, 2.05) is 0 Å². The number of nitrogens with one attached hydrogen (secondary N) is 2. The first-order valence-electron chi connectivity index (χ1n) is 8.23. The first-order valence-corrected chi connectivity index (χ1v) is 8.23. The van der Waals surface area contributed by atoms with Crippen molar-refractivity contribution in [1.82, 2.24) is 10.2 Å². The van der Waals surface area contributed by atoms with E-state index in [9.17, 15) is 22.8 Å². The monoisotopic (exact) mass is 357 g/mol. The van der Waals surface area contributed by atoms with E-state index in [0.717, 1.165) is 25.0 Å². The van der Waals surface area contributed by atoms with Crippen molar-refractivity contribution in [3.63, 3.8) is 0 Å². The first kappa shape index (κ1) is 19.1. The molecule has 0 aliphatic carbocycles. The number of aryl methyl sites for hydroxylation is 1. The molecule has 1 saturated heterocycles. The molecule has 2 N–H and O–H groups in total. The van der Waals surface area contributed by atoms with Gasteiger partial charge in [0.05, 0.1) is 5.56 Å². The molecule has 138 valence electrons. The van der Waals surface area contributed by atoms with Gasteiger partial charge in [-0.1, -0.05) is 6.92 Å². The normalized spacial score (nSPS) is 18.0. The average Bonchev–Trinajstić information content (AvgIpc) is 2.53. The number of halogens is 3. The molecule has 3 amide bonds. The maximum absolute atomic E-state index is 12.9. The number of hydrogen-bond donors (Lipinski definition) is 2. The minimum atomic E-state index is -4.47. The number of nitrogens with zero attached hydrogens (tertiary/aromatic N) is 1. The minimum absolute atomic E-state index is 0.0826. The quantitative estimate of drug-likeness (QED) is 0.869. The van der Waals surface area contributed by atoms with E-state index in [-0.39, 0.29) is 17.6 Å². The van der Waals surface area contributed by atoms with Crippen LogP contribution in [-0.2, 0) is 11.0 Å². The summed E-state index contributed by atoms with van der Waals surface area (Å²) < 4.78 is 38.6. The summed E-state index contributed by atoms with van der Waals surface area (Å²) in [4.78, 5) is 25.4. The second-order valence-corrected chi connectivity index (χ2v) is 6.22. The highest BCUT2D eigenvalue weighted by Gasteiger charge is 2.31. The number of carbonyl (C=O) groups is 2. The van der Waals surface area contributed by atoms with Gasteiger partial charge in [-0.25, -0.2) is 4.79 Å². The molecule has 1 fully saturated rings. The molecule has 1 atom stereocenters. The maximum Gasteiger partial charge on any atom is 0.416 e. The third-order valence-corrected chi connectivity index (χ3v) is 4.05. The van der Waals surface area contributed by atoms with Crippen LogP contribution in [0.4, 0.5) is 23.7 Å². The van der Waals surface area contributed by atoms with Crippen molar-refractivity contribution in [2.75, 3.05) is 18.4 Å². The summed E-state index contributed by atoms with van der Waals surface area (Å²) in [5, 5.41) is 5.37. The van der Waals surface area contributed by atoms with Gasteiger partial charge in [0, 0.05) is 31.2 Å². The summed E-state index contributed by atoms with van der Waals surface area (Å²) >= 11 is 0. The van der Waals surface area contributed by atoms with Crippen LogP contribution < -0.4 is 10.6 Å². The molecule has 1 aromatic rings. The molecule has 25 heavy (non-hydrogen) atoms. The number of hydrogen-bond acceptors (Lipinski definition) is 2. The van der Waals surface area contributed by atoms with Crippen LogP contribution in [0.2, 0.25) is 0 Å². The fourth-order valence-corrected chi connectivity index (χ4v) is 2.83. The zero-order valence-electron chi connectivity index (χ0n) is 14.2. The predicted molar refractivity (Wildman–Crippen MR) is 88.2 cm³/mol. The van der Waals surface area contributed by atoms with E-state index in [1.54, 1.807) is 13.8 Å². The number of rotatable bonds is 3. The first-order chi connectivity index (χ1) is 11.7. The van der Waals surface area contributed by atoms with Crippen LogP contribution in [0.5, 0.6) is 0 Å². The molecular formula is C17H22F3N3O2. The van der Waals surface area contributed by atoms with E-state index in [1.165, 1.54) is 11.0 Å². The smallest absolute Gasteiger partial charge is 0.352 e. The summed E-state index contributed by atoms with van der Waals surface area (Å²) in [6.45, 7) is 4.14. The zero-order valence-corrected chi connectivity index (χ0v) is 14.2. The highest BCUT2D eigenvalue weighted by atomic mass is 19.4. The molecule has 0 aromatic heterocycles. The third kappa shape index (κ3) is 5.37. The Labute approximate surface area is 144 Å². The molecule has 0 radical (unpaired) electrons. The molecule has 2 rings (SSSR count). The van der Waals surface area contributed by atoms with E-state index < -0.39 is 17.8 Å². The van der Waals surface area contributed by atoms with Crippen LogP contribution in [0.3, 0.4) is 0 Å². The Balaban J connectivity index is 2.04. The second-order valence-electron chi connectivity index (χ2n) is 6.22. The van der Waals surface area contributed by atoms with Gasteiger partial charge < -0.3 is 15.5 Å². The standard InChI is InChI=1S/C17H22F3N3O2/c1-3-15(24)21-13-5-4-6-23(10-13)16(25)22-14-8-11(2)7-12(9-14)17(18,19)20/h7-9,13H,3-6,10H2,1-2H3,(H,21,24)(H,22,25)/t13-/m1/s1. The topological polar surface area (TPSA) is 61.4 Å². The maximum atomic E-state index is 12.9. The van der Waals surface area contributed by atoms with Crippen molar-refractivity contribution in [2.45, 2.75) is 45.3 Å². The molecule has 1 aliphatic rings. The molecule has 1 aliphatic heterocycles. The number of benzene rings is 1. The van der Waals surface area contributed by atoms with Gasteiger partial charge in [-0.3, -0.25) is 4.79 Å². The van der Waals surface area contributed by atoms with Crippen LogP contribution >= 0.6 is 0 Å². The van der Waals surface area contributed by atoms with Crippen molar-refractivity contribution >= 4 is 17.6 Å². The third-order valence-electron chi connectivity index (χ3n) is 4.05. The van der Waals surface area contributed by atoms with Crippen LogP contribution in [0, 0.1) is 6.92 Å².